The molecule has 0 saturated heterocycles. The Labute approximate surface area is 194 Å². The Morgan fingerprint density at radius 3 is 2.55 bits per heavy atom. The van der Waals surface area contributed by atoms with Crippen LogP contribution < -0.4 is 24.4 Å². The first-order chi connectivity index (χ1) is 16.0. The first kappa shape index (κ1) is 22.5. The predicted octanol–water partition coefficient (Wildman–Crippen LogP) is 2.82. The van der Waals surface area contributed by atoms with Crippen molar-refractivity contribution < 1.29 is 19.0 Å². The van der Waals surface area contributed by atoms with E-state index in [4.69, 9.17) is 14.2 Å². The van der Waals surface area contributed by atoms with Crippen LogP contribution in [-0.4, -0.2) is 31.4 Å². The van der Waals surface area contributed by atoms with Crippen LogP contribution in [0.15, 0.2) is 69.6 Å². The predicted molar refractivity (Wildman–Crippen MR) is 126 cm³/mol. The molecule has 0 unspecified atom stereocenters. The van der Waals surface area contributed by atoms with E-state index < -0.39 is 12.0 Å². The Bertz CT molecular complexity index is 1400. The quantitative estimate of drug-likeness (QED) is 0.524. The molecule has 7 nitrogen and oxygen atoms in total. The number of methoxy groups -OCH3 is 2. The van der Waals surface area contributed by atoms with E-state index in [1.165, 1.54) is 18.4 Å². The van der Waals surface area contributed by atoms with E-state index in [-0.39, 0.29) is 5.56 Å². The fourth-order valence-electron chi connectivity index (χ4n) is 3.82. The number of aromatic nitrogens is 1. The molecule has 2 aromatic carbocycles. The SMILES string of the molecule is CCOc1ccccc1/C=c1\sc2n(c1=O)[C@H](c1ccc(OC)cc1)C(C(=O)OC)=C(C)N=2. The third-order valence-corrected chi connectivity index (χ3v) is 6.35. The summed E-state index contributed by atoms with van der Waals surface area (Å²) in [5.41, 5.74) is 2.17. The highest BCUT2D eigenvalue weighted by Crippen LogP contribution is 2.31. The lowest BCUT2D eigenvalue weighted by Gasteiger charge is -2.24. The molecular formula is C25H24N2O5S. The molecular weight excluding hydrogens is 440 g/mol. The van der Waals surface area contributed by atoms with Gasteiger partial charge in [0, 0.05) is 5.56 Å². The van der Waals surface area contributed by atoms with E-state index >= 15 is 0 Å². The number of ether oxygens (including phenoxy) is 3. The molecule has 1 aliphatic rings. The van der Waals surface area contributed by atoms with Crippen LogP contribution in [0.3, 0.4) is 0 Å². The van der Waals surface area contributed by atoms with Crippen LogP contribution in [-0.2, 0) is 9.53 Å². The number of rotatable bonds is 6. The van der Waals surface area contributed by atoms with Gasteiger partial charge in [-0.15, -0.1) is 0 Å². The zero-order chi connectivity index (χ0) is 23.5. The Morgan fingerprint density at radius 1 is 1.15 bits per heavy atom. The number of carbonyl (C=O) groups excluding carboxylic acids is 1. The molecule has 4 rings (SSSR count). The summed E-state index contributed by atoms with van der Waals surface area (Å²) in [5, 5.41) is 0. The monoisotopic (exact) mass is 464 g/mol. The summed E-state index contributed by atoms with van der Waals surface area (Å²) < 4.78 is 18.1. The van der Waals surface area contributed by atoms with Crippen molar-refractivity contribution in [2.45, 2.75) is 19.9 Å². The minimum Gasteiger partial charge on any atom is -0.497 e. The third-order valence-electron chi connectivity index (χ3n) is 5.36. The Hall–Kier alpha value is -3.65. The molecule has 0 spiro atoms. The molecule has 0 bridgehead atoms. The van der Waals surface area contributed by atoms with Gasteiger partial charge in [-0.25, -0.2) is 9.79 Å². The van der Waals surface area contributed by atoms with Gasteiger partial charge >= 0.3 is 5.97 Å². The molecule has 3 aromatic rings. The lowest BCUT2D eigenvalue weighted by molar-refractivity contribution is -0.136. The molecule has 0 aliphatic carbocycles. The molecule has 1 aromatic heterocycles. The molecule has 33 heavy (non-hydrogen) atoms. The fraction of sp³-hybridized carbons (Fsp3) is 0.240. The third kappa shape index (κ3) is 4.21. The topological polar surface area (TPSA) is 79.1 Å². The number of hydrogen-bond acceptors (Lipinski definition) is 7. The van der Waals surface area contributed by atoms with Gasteiger partial charge in [-0.2, -0.15) is 0 Å². The summed E-state index contributed by atoms with van der Waals surface area (Å²) in [7, 11) is 2.91. The normalized spacial score (nSPS) is 15.6. The molecule has 0 radical (unpaired) electrons. The maximum Gasteiger partial charge on any atom is 0.338 e. The second-order valence-corrected chi connectivity index (χ2v) is 8.33. The van der Waals surface area contributed by atoms with E-state index in [0.29, 0.717) is 38.7 Å². The smallest absolute Gasteiger partial charge is 0.338 e. The van der Waals surface area contributed by atoms with Gasteiger partial charge in [-0.3, -0.25) is 9.36 Å². The molecule has 0 saturated carbocycles. The minimum atomic E-state index is -0.663. The highest BCUT2D eigenvalue weighted by Gasteiger charge is 2.33. The van der Waals surface area contributed by atoms with Gasteiger partial charge in [0.05, 0.1) is 42.7 Å². The van der Waals surface area contributed by atoms with Crippen LogP contribution in [0, 0.1) is 0 Å². The average Bonchev–Trinajstić information content (AvgIpc) is 3.13. The summed E-state index contributed by atoms with van der Waals surface area (Å²) in [6.07, 6.45) is 1.80. The number of thiazole rings is 1. The molecule has 1 atom stereocenters. The molecule has 0 amide bonds. The van der Waals surface area contributed by atoms with E-state index in [2.05, 4.69) is 4.99 Å². The van der Waals surface area contributed by atoms with E-state index in [9.17, 15) is 9.59 Å². The first-order valence-electron chi connectivity index (χ1n) is 10.4. The standard InChI is InChI=1S/C25H24N2O5S/c1-5-32-19-9-7-6-8-17(19)14-20-23(28)27-22(16-10-12-18(30-3)13-11-16)21(24(29)31-4)15(2)26-25(27)33-20/h6-14,22H,5H2,1-4H3/b20-14-/t22-/m1/s1. The van der Waals surface area contributed by atoms with E-state index in [0.717, 1.165) is 11.1 Å². The van der Waals surface area contributed by atoms with Crippen molar-refractivity contribution in [3.8, 4) is 11.5 Å². The molecule has 0 N–H and O–H groups in total. The van der Waals surface area contributed by atoms with Crippen molar-refractivity contribution in [3.63, 3.8) is 0 Å². The van der Waals surface area contributed by atoms with Crippen LogP contribution in [0.2, 0.25) is 0 Å². The lowest BCUT2D eigenvalue weighted by Crippen LogP contribution is -2.39. The highest BCUT2D eigenvalue weighted by molar-refractivity contribution is 7.07. The van der Waals surface area contributed by atoms with Gasteiger partial charge in [0.25, 0.3) is 5.56 Å². The van der Waals surface area contributed by atoms with Crippen molar-refractivity contribution in [2.75, 3.05) is 20.8 Å². The van der Waals surface area contributed by atoms with Crippen LogP contribution >= 0.6 is 11.3 Å². The lowest BCUT2D eigenvalue weighted by atomic mass is 9.96. The van der Waals surface area contributed by atoms with Crippen molar-refractivity contribution in [1.29, 1.82) is 0 Å². The number of esters is 1. The Balaban J connectivity index is 1.95. The zero-order valence-corrected chi connectivity index (χ0v) is 19.6. The fourth-order valence-corrected chi connectivity index (χ4v) is 4.86. The van der Waals surface area contributed by atoms with Crippen molar-refractivity contribution in [1.82, 2.24) is 4.57 Å². The number of allylic oxidation sites excluding steroid dienone is 1. The highest BCUT2D eigenvalue weighted by atomic mass is 32.1. The van der Waals surface area contributed by atoms with Crippen LogP contribution in [0.25, 0.3) is 6.08 Å². The summed E-state index contributed by atoms with van der Waals surface area (Å²) in [6, 6.07) is 14.2. The van der Waals surface area contributed by atoms with Crippen LogP contribution in [0.1, 0.15) is 31.0 Å². The average molecular weight is 465 g/mol. The van der Waals surface area contributed by atoms with Gasteiger partial charge in [0.15, 0.2) is 4.80 Å². The van der Waals surface area contributed by atoms with E-state index in [1.807, 2.05) is 43.3 Å². The number of benzene rings is 2. The summed E-state index contributed by atoms with van der Waals surface area (Å²) >= 11 is 1.28. The van der Waals surface area contributed by atoms with Gasteiger partial charge in [0.2, 0.25) is 0 Å². The van der Waals surface area contributed by atoms with Crippen molar-refractivity contribution in [2.24, 2.45) is 4.99 Å². The Morgan fingerprint density at radius 2 is 1.88 bits per heavy atom. The van der Waals surface area contributed by atoms with Crippen molar-refractivity contribution in [3.05, 3.63) is 90.6 Å². The second kappa shape index (κ2) is 9.46. The molecule has 1 aliphatic heterocycles. The summed E-state index contributed by atoms with van der Waals surface area (Å²) in [6.45, 7) is 4.19. The molecule has 2 heterocycles. The van der Waals surface area contributed by atoms with Crippen LogP contribution in [0.4, 0.5) is 0 Å². The number of hydrogen-bond donors (Lipinski definition) is 0. The summed E-state index contributed by atoms with van der Waals surface area (Å²) in [4.78, 5) is 31.4. The maximum absolute atomic E-state index is 13.6. The molecule has 170 valence electrons. The number of carbonyl (C=O) groups is 1. The van der Waals surface area contributed by atoms with Gasteiger partial charge < -0.3 is 14.2 Å². The molecule has 8 heteroatoms. The number of fused-ring (bicyclic) bond motifs is 1. The van der Waals surface area contributed by atoms with E-state index in [1.54, 1.807) is 36.8 Å². The second-order valence-electron chi connectivity index (χ2n) is 7.32. The number of para-hydroxylation sites is 1. The minimum absolute atomic E-state index is 0.236. The van der Waals surface area contributed by atoms with Gasteiger partial charge in [0.1, 0.15) is 11.5 Å². The molecule has 0 fully saturated rings. The summed E-state index contributed by atoms with van der Waals surface area (Å²) in [5.74, 6) is 0.857. The zero-order valence-electron chi connectivity index (χ0n) is 18.8. The number of nitrogens with zero attached hydrogens (tertiary/aromatic N) is 2. The van der Waals surface area contributed by atoms with Crippen LogP contribution in [0.5, 0.6) is 11.5 Å². The van der Waals surface area contributed by atoms with Gasteiger partial charge in [-0.05, 0) is 43.7 Å². The first-order valence-corrected chi connectivity index (χ1v) is 11.3. The Kier molecular flexibility index (Phi) is 6.46. The van der Waals surface area contributed by atoms with Gasteiger partial charge in [-0.1, -0.05) is 41.7 Å². The largest absolute Gasteiger partial charge is 0.497 e. The van der Waals surface area contributed by atoms with Crippen molar-refractivity contribution >= 4 is 23.4 Å². The maximum atomic E-state index is 13.6.